The molecule has 0 aromatic carbocycles. The van der Waals surface area contributed by atoms with Crippen molar-refractivity contribution in [2.45, 2.75) is 83.0 Å². The molecule has 4 bridgehead atoms. The second-order valence-corrected chi connectivity index (χ2v) is 9.98. The van der Waals surface area contributed by atoms with E-state index in [2.05, 4.69) is 15.7 Å². The van der Waals surface area contributed by atoms with Gasteiger partial charge >= 0.3 is 0 Å². The lowest BCUT2D eigenvalue weighted by Crippen LogP contribution is -2.66. The highest BCUT2D eigenvalue weighted by Crippen LogP contribution is 2.55. The molecule has 3 unspecified atom stereocenters. The first kappa shape index (κ1) is 21.6. The summed E-state index contributed by atoms with van der Waals surface area (Å²) in [5.41, 5.74) is 0.350. The minimum Gasteiger partial charge on any atom is -0.380 e. The summed E-state index contributed by atoms with van der Waals surface area (Å²) in [7, 11) is 1.64. The third kappa shape index (κ3) is 4.11. The van der Waals surface area contributed by atoms with Gasteiger partial charge in [0.2, 0.25) is 5.91 Å². The second-order valence-electron chi connectivity index (χ2n) is 9.63. The number of hydrogen-bond donors (Lipinski definition) is 2. The largest absolute Gasteiger partial charge is 0.380 e. The summed E-state index contributed by atoms with van der Waals surface area (Å²) in [5, 5.41) is 11.3. The maximum atomic E-state index is 13.0. The number of hydrogen-bond acceptors (Lipinski definition) is 4. The molecule has 0 saturated heterocycles. The van der Waals surface area contributed by atoms with E-state index in [9.17, 15) is 9.59 Å². The molecule has 4 aliphatic carbocycles. The van der Waals surface area contributed by atoms with Gasteiger partial charge in [0, 0.05) is 25.1 Å². The fourth-order valence-corrected chi connectivity index (χ4v) is 6.44. The zero-order valence-electron chi connectivity index (χ0n) is 18.1. The van der Waals surface area contributed by atoms with Gasteiger partial charge in [0.15, 0.2) is 0 Å². The van der Waals surface area contributed by atoms with Gasteiger partial charge in [0.1, 0.15) is 5.15 Å². The molecule has 1 aromatic rings. The first-order valence-electron chi connectivity index (χ1n) is 11.2. The number of rotatable bonds is 8. The van der Waals surface area contributed by atoms with Crippen LogP contribution in [0.15, 0.2) is 6.20 Å². The molecule has 30 heavy (non-hydrogen) atoms. The van der Waals surface area contributed by atoms with Crippen LogP contribution in [0, 0.1) is 17.8 Å². The zero-order valence-corrected chi connectivity index (χ0v) is 18.9. The molecule has 4 saturated carbocycles. The molecule has 1 aromatic heterocycles. The Balaban J connectivity index is 1.43. The van der Waals surface area contributed by atoms with Crippen molar-refractivity contribution >= 4 is 23.4 Å². The molecule has 0 radical (unpaired) electrons. The smallest absolute Gasteiger partial charge is 0.256 e. The van der Waals surface area contributed by atoms with E-state index in [1.165, 1.54) is 0 Å². The van der Waals surface area contributed by atoms with E-state index in [4.69, 9.17) is 16.3 Å². The first-order valence-corrected chi connectivity index (χ1v) is 11.6. The third-order valence-corrected chi connectivity index (χ3v) is 7.70. The third-order valence-electron chi connectivity index (χ3n) is 7.30. The van der Waals surface area contributed by atoms with Gasteiger partial charge in [-0.1, -0.05) is 18.5 Å². The fourth-order valence-electron chi connectivity index (χ4n) is 6.20. The van der Waals surface area contributed by atoms with Crippen LogP contribution < -0.4 is 10.6 Å². The van der Waals surface area contributed by atoms with Crippen LogP contribution in [0.25, 0.3) is 0 Å². The molecule has 7 nitrogen and oxygen atoms in total. The number of amides is 2. The predicted octanol–water partition coefficient (Wildman–Crippen LogP) is 3.16. The Morgan fingerprint density at radius 1 is 1.33 bits per heavy atom. The van der Waals surface area contributed by atoms with Crippen LogP contribution in [0.3, 0.4) is 0 Å². The molecule has 166 valence electrons. The molecule has 4 aliphatic rings. The summed E-state index contributed by atoms with van der Waals surface area (Å²) in [6.45, 7) is 4.47. The maximum Gasteiger partial charge on any atom is 0.256 e. The Hall–Kier alpha value is -1.60. The van der Waals surface area contributed by atoms with Crippen LogP contribution in [0.2, 0.25) is 5.15 Å². The number of nitrogens with one attached hydrogen (secondary N) is 2. The van der Waals surface area contributed by atoms with E-state index in [1.807, 2.05) is 13.8 Å². The highest BCUT2D eigenvalue weighted by Gasteiger charge is 2.56. The van der Waals surface area contributed by atoms with Crippen molar-refractivity contribution in [2.24, 2.45) is 17.8 Å². The van der Waals surface area contributed by atoms with Gasteiger partial charge < -0.3 is 15.4 Å². The molecular weight excluding hydrogens is 404 g/mol. The van der Waals surface area contributed by atoms with Crippen LogP contribution in [0.4, 0.5) is 0 Å². The molecule has 0 spiro atoms. The Morgan fingerprint density at radius 2 is 2.03 bits per heavy atom. The fraction of sp³-hybridized carbons (Fsp3) is 0.773. The highest BCUT2D eigenvalue weighted by atomic mass is 35.5. The number of nitrogens with zero attached hydrogens (tertiary/aromatic N) is 2. The summed E-state index contributed by atoms with van der Waals surface area (Å²) in [4.78, 5) is 25.3. The van der Waals surface area contributed by atoms with Crippen molar-refractivity contribution in [1.82, 2.24) is 20.4 Å². The summed E-state index contributed by atoms with van der Waals surface area (Å²) >= 11 is 6.43. The average Bonchev–Trinajstić information content (AvgIpc) is 3.04. The molecule has 2 amide bonds. The summed E-state index contributed by atoms with van der Waals surface area (Å²) in [6.07, 6.45) is 8.23. The number of ether oxygens (including phenoxy) is 1. The van der Waals surface area contributed by atoms with Crippen LogP contribution >= 0.6 is 11.6 Å². The van der Waals surface area contributed by atoms with E-state index in [1.54, 1.807) is 18.0 Å². The van der Waals surface area contributed by atoms with Crippen molar-refractivity contribution in [3.05, 3.63) is 16.9 Å². The predicted molar refractivity (Wildman–Crippen MR) is 114 cm³/mol. The average molecular weight is 437 g/mol. The summed E-state index contributed by atoms with van der Waals surface area (Å²) in [6, 6.07) is 0.141. The van der Waals surface area contributed by atoms with Gasteiger partial charge in [-0.15, -0.1) is 0 Å². The Bertz CT molecular complexity index is 794. The van der Waals surface area contributed by atoms with Gasteiger partial charge in [0.05, 0.1) is 24.4 Å². The van der Waals surface area contributed by atoms with Gasteiger partial charge in [-0.2, -0.15) is 5.10 Å². The van der Waals surface area contributed by atoms with Crippen LogP contribution in [0.1, 0.15) is 69.2 Å². The highest BCUT2D eigenvalue weighted by molar-refractivity contribution is 6.32. The monoisotopic (exact) mass is 436 g/mol. The lowest BCUT2D eigenvalue weighted by molar-refractivity contribution is -0.127. The second kappa shape index (κ2) is 8.50. The minimum absolute atomic E-state index is 0.0400. The lowest BCUT2D eigenvalue weighted by Gasteiger charge is -2.60. The maximum absolute atomic E-state index is 13.0. The van der Waals surface area contributed by atoms with Gasteiger partial charge in [-0.3, -0.25) is 14.3 Å². The van der Waals surface area contributed by atoms with E-state index in [0.29, 0.717) is 41.4 Å². The van der Waals surface area contributed by atoms with Crippen LogP contribution in [-0.2, 0) is 16.1 Å². The Labute approximate surface area is 183 Å². The first-order chi connectivity index (χ1) is 14.3. The number of carbonyl (C=O) groups excluding carboxylic acids is 2. The van der Waals surface area contributed by atoms with Gasteiger partial charge in [-0.05, 0) is 63.2 Å². The van der Waals surface area contributed by atoms with E-state index >= 15 is 0 Å². The van der Waals surface area contributed by atoms with E-state index in [-0.39, 0.29) is 29.5 Å². The summed E-state index contributed by atoms with van der Waals surface area (Å²) < 4.78 is 6.88. The molecule has 8 heteroatoms. The lowest BCUT2D eigenvalue weighted by atomic mass is 9.51. The van der Waals surface area contributed by atoms with Crippen molar-refractivity contribution in [1.29, 1.82) is 0 Å². The standard InChI is InChI=1S/C22H33ClN4O3/c1-4-5-18(28)26-22-8-14-6-15(9-22)19(16(7-14)10-22)25-21(29)17-11-24-27(20(17)23)12-13(2)30-3/h11,13-16,19H,4-10,12H2,1-3H3,(H,25,29)(H,26,28). The number of methoxy groups -OCH3 is 1. The van der Waals surface area contributed by atoms with Crippen molar-refractivity contribution < 1.29 is 14.3 Å². The van der Waals surface area contributed by atoms with Crippen LogP contribution in [0.5, 0.6) is 0 Å². The van der Waals surface area contributed by atoms with Gasteiger partial charge in [0.25, 0.3) is 5.91 Å². The molecule has 0 aliphatic heterocycles. The van der Waals surface area contributed by atoms with Crippen LogP contribution in [-0.4, -0.2) is 46.4 Å². The van der Waals surface area contributed by atoms with Crippen molar-refractivity contribution in [2.75, 3.05) is 7.11 Å². The van der Waals surface area contributed by atoms with E-state index < -0.39 is 0 Å². The summed E-state index contributed by atoms with van der Waals surface area (Å²) in [5.74, 6) is 1.48. The van der Waals surface area contributed by atoms with E-state index in [0.717, 1.165) is 38.5 Å². The van der Waals surface area contributed by atoms with Crippen molar-refractivity contribution in [3.63, 3.8) is 0 Å². The number of halogens is 1. The quantitative estimate of drug-likeness (QED) is 0.655. The topological polar surface area (TPSA) is 85.3 Å². The molecule has 3 atom stereocenters. The SMILES string of the molecule is CCCC(=O)NC12CC3CC(C1)C(NC(=O)c1cnn(CC(C)OC)c1Cl)C(C3)C2. The molecule has 4 fully saturated rings. The Kier molecular flexibility index (Phi) is 6.13. The molecular formula is C22H33ClN4O3. The van der Waals surface area contributed by atoms with Crippen molar-refractivity contribution in [3.8, 4) is 0 Å². The number of aromatic nitrogens is 2. The molecule has 5 rings (SSSR count). The minimum atomic E-state index is -0.155. The molecule has 1 heterocycles. The zero-order chi connectivity index (χ0) is 21.5. The van der Waals surface area contributed by atoms with Gasteiger partial charge in [-0.25, -0.2) is 0 Å². The Morgan fingerprint density at radius 3 is 2.67 bits per heavy atom. The molecule has 2 N–H and O–H groups in total. The number of carbonyl (C=O) groups is 2. The normalized spacial score (nSPS) is 32.8.